The molecule has 0 saturated carbocycles. The van der Waals surface area contributed by atoms with Crippen molar-refractivity contribution in [3.05, 3.63) is 130 Å². The van der Waals surface area contributed by atoms with Crippen LogP contribution in [0.2, 0.25) is 0 Å². The number of benzene rings is 3. The summed E-state index contributed by atoms with van der Waals surface area (Å²) in [6.07, 6.45) is 2.85. The molecule has 6 heteroatoms. The number of fused-ring (bicyclic) bond motifs is 3. The summed E-state index contributed by atoms with van der Waals surface area (Å²) in [5.74, 6) is 0.983. The molecule has 2 aromatic heterocycles. The van der Waals surface area contributed by atoms with Crippen LogP contribution in [0.3, 0.4) is 0 Å². The molecule has 1 aliphatic heterocycles. The number of nitrogens with one attached hydrogen (secondary N) is 1. The van der Waals surface area contributed by atoms with Crippen LogP contribution in [-0.2, 0) is 13.0 Å². The van der Waals surface area contributed by atoms with E-state index >= 15 is 0 Å². The van der Waals surface area contributed by atoms with Gasteiger partial charge in [0, 0.05) is 17.4 Å². The lowest BCUT2D eigenvalue weighted by Crippen LogP contribution is -2.38. The van der Waals surface area contributed by atoms with E-state index in [9.17, 15) is 4.79 Å². The number of nitrogens with zero attached hydrogens (tertiary/aromatic N) is 4. The number of para-hydroxylation sites is 1. The standard InChI is InChI=1S/C33H33N5O/c1-5-29-28-21-37(33(39)34-26-19-23(3)18-24(4)20-26)31(25-15-13-22(2)14-16-25)30-12-9-17-36(30)32(28)38(35-29)27-10-7-6-8-11-27/h6-20,31H,5,21H2,1-4H3,(H,34,39)/t31-/m1/s1. The lowest BCUT2D eigenvalue weighted by Gasteiger charge is -2.31. The third-order valence-electron chi connectivity index (χ3n) is 7.43. The first-order valence-corrected chi connectivity index (χ1v) is 13.5. The molecule has 196 valence electrons. The molecule has 39 heavy (non-hydrogen) atoms. The summed E-state index contributed by atoms with van der Waals surface area (Å²) in [6, 6.07) is 28.6. The molecule has 6 rings (SSSR count). The Morgan fingerprint density at radius 3 is 2.31 bits per heavy atom. The van der Waals surface area contributed by atoms with Crippen LogP contribution in [-0.4, -0.2) is 25.3 Å². The molecule has 0 fully saturated rings. The average molecular weight is 516 g/mol. The summed E-state index contributed by atoms with van der Waals surface area (Å²) < 4.78 is 4.23. The Bertz CT molecular complexity index is 1630. The molecule has 1 atom stereocenters. The predicted molar refractivity (Wildman–Crippen MR) is 156 cm³/mol. The van der Waals surface area contributed by atoms with Crippen LogP contribution in [0.4, 0.5) is 10.5 Å². The molecule has 2 amide bonds. The van der Waals surface area contributed by atoms with Gasteiger partial charge in [-0.1, -0.05) is 61.0 Å². The monoisotopic (exact) mass is 515 g/mol. The number of amides is 2. The summed E-state index contributed by atoms with van der Waals surface area (Å²) in [4.78, 5) is 16.1. The number of rotatable bonds is 4. The third-order valence-corrected chi connectivity index (χ3v) is 7.43. The molecule has 5 aromatic rings. The molecule has 0 radical (unpaired) electrons. The van der Waals surface area contributed by atoms with E-state index in [-0.39, 0.29) is 12.1 Å². The summed E-state index contributed by atoms with van der Waals surface area (Å²) in [5.41, 5.74) is 9.35. The molecule has 1 aliphatic rings. The first-order chi connectivity index (χ1) is 18.9. The smallest absolute Gasteiger partial charge is 0.308 e. The first-order valence-electron chi connectivity index (χ1n) is 13.5. The Balaban J connectivity index is 1.54. The number of aromatic nitrogens is 3. The molecule has 6 nitrogen and oxygen atoms in total. The second-order valence-electron chi connectivity index (χ2n) is 10.4. The van der Waals surface area contributed by atoms with Crippen molar-refractivity contribution in [3.63, 3.8) is 0 Å². The van der Waals surface area contributed by atoms with Crippen LogP contribution in [0, 0.1) is 20.8 Å². The summed E-state index contributed by atoms with van der Waals surface area (Å²) in [5, 5.41) is 8.26. The highest BCUT2D eigenvalue weighted by Crippen LogP contribution is 2.39. The van der Waals surface area contributed by atoms with E-state index < -0.39 is 0 Å². The lowest BCUT2D eigenvalue weighted by atomic mass is 10.0. The minimum Gasteiger partial charge on any atom is -0.308 e. The number of anilines is 1. The number of hydrogen-bond acceptors (Lipinski definition) is 2. The minimum atomic E-state index is -0.284. The van der Waals surface area contributed by atoms with Gasteiger partial charge in [-0.15, -0.1) is 0 Å². The van der Waals surface area contributed by atoms with Crippen molar-refractivity contribution in [3.8, 4) is 11.5 Å². The molecular formula is C33H33N5O. The van der Waals surface area contributed by atoms with Crippen LogP contribution >= 0.6 is 0 Å². The Morgan fingerprint density at radius 2 is 1.62 bits per heavy atom. The van der Waals surface area contributed by atoms with E-state index in [1.165, 1.54) is 5.56 Å². The molecule has 3 heterocycles. The van der Waals surface area contributed by atoms with Crippen LogP contribution in [0.15, 0.2) is 91.1 Å². The Hall–Kier alpha value is -4.58. The summed E-state index contributed by atoms with van der Waals surface area (Å²) in [6.45, 7) is 8.74. The van der Waals surface area contributed by atoms with Gasteiger partial charge in [0.2, 0.25) is 0 Å². The van der Waals surface area contributed by atoms with Crippen molar-refractivity contribution in [1.29, 1.82) is 0 Å². The van der Waals surface area contributed by atoms with E-state index in [0.29, 0.717) is 6.54 Å². The fourth-order valence-corrected chi connectivity index (χ4v) is 5.69. The van der Waals surface area contributed by atoms with Gasteiger partial charge in [-0.2, -0.15) is 5.10 Å². The third kappa shape index (κ3) is 4.52. The molecule has 0 spiro atoms. The van der Waals surface area contributed by atoms with Crippen molar-refractivity contribution < 1.29 is 4.79 Å². The maximum absolute atomic E-state index is 14.2. The molecular weight excluding hydrogens is 482 g/mol. The number of aryl methyl sites for hydroxylation is 4. The second kappa shape index (κ2) is 9.95. The van der Waals surface area contributed by atoms with Crippen LogP contribution in [0.1, 0.15) is 52.2 Å². The number of carbonyl (C=O) groups excluding carboxylic acids is 1. The summed E-state index contributed by atoms with van der Waals surface area (Å²) in [7, 11) is 0. The van der Waals surface area contributed by atoms with Gasteiger partial charge in [0.25, 0.3) is 0 Å². The quantitative estimate of drug-likeness (QED) is 0.273. The average Bonchev–Trinajstić information content (AvgIpc) is 3.50. The molecule has 0 aliphatic carbocycles. The van der Waals surface area contributed by atoms with Gasteiger partial charge >= 0.3 is 6.03 Å². The van der Waals surface area contributed by atoms with Crippen LogP contribution in [0.25, 0.3) is 11.5 Å². The van der Waals surface area contributed by atoms with Crippen molar-refractivity contribution in [2.24, 2.45) is 0 Å². The van der Waals surface area contributed by atoms with E-state index in [2.05, 4.69) is 84.5 Å². The topological polar surface area (TPSA) is 55.1 Å². The van der Waals surface area contributed by atoms with E-state index in [1.807, 2.05) is 53.8 Å². The Labute approximate surface area is 229 Å². The Morgan fingerprint density at radius 1 is 0.897 bits per heavy atom. The number of urea groups is 1. The molecule has 3 aromatic carbocycles. The largest absolute Gasteiger partial charge is 0.322 e. The van der Waals surface area contributed by atoms with Gasteiger partial charge in [0.05, 0.1) is 29.7 Å². The van der Waals surface area contributed by atoms with Crippen molar-refractivity contribution in [2.75, 3.05) is 5.32 Å². The van der Waals surface area contributed by atoms with Gasteiger partial charge in [-0.05, 0) is 80.3 Å². The second-order valence-corrected chi connectivity index (χ2v) is 10.4. The van der Waals surface area contributed by atoms with Gasteiger partial charge in [0.1, 0.15) is 5.82 Å². The van der Waals surface area contributed by atoms with Crippen LogP contribution < -0.4 is 5.32 Å². The zero-order chi connectivity index (χ0) is 27.1. The van der Waals surface area contributed by atoms with Crippen molar-refractivity contribution in [1.82, 2.24) is 19.2 Å². The first kappa shape index (κ1) is 24.7. The van der Waals surface area contributed by atoms with Gasteiger partial charge in [-0.3, -0.25) is 0 Å². The van der Waals surface area contributed by atoms with Gasteiger partial charge < -0.3 is 14.8 Å². The minimum absolute atomic E-state index is 0.138. The lowest BCUT2D eigenvalue weighted by molar-refractivity contribution is 0.194. The SMILES string of the molecule is CCc1nn(-c2ccccc2)c2c1CN(C(=O)Nc1cc(C)cc(C)c1)[C@H](c1ccc(C)cc1)c1cccn1-2. The Kier molecular flexibility index (Phi) is 6.31. The maximum Gasteiger partial charge on any atom is 0.322 e. The molecule has 0 unspecified atom stereocenters. The van der Waals surface area contributed by atoms with Gasteiger partial charge in [-0.25, -0.2) is 9.48 Å². The zero-order valence-electron chi connectivity index (χ0n) is 22.8. The number of hydrogen-bond donors (Lipinski definition) is 1. The normalized spacial score (nSPS) is 14.5. The summed E-state index contributed by atoms with van der Waals surface area (Å²) >= 11 is 0. The fraction of sp³-hybridized carbons (Fsp3) is 0.212. The van der Waals surface area contributed by atoms with Crippen molar-refractivity contribution >= 4 is 11.7 Å². The number of carbonyl (C=O) groups is 1. The highest BCUT2D eigenvalue weighted by Gasteiger charge is 2.36. The highest BCUT2D eigenvalue weighted by molar-refractivity contribution is 5.90. The van der Waals surface area contributed by atoms with Gasteiger partial charge in [0.15, 0.2) is 0 Å². The zero-order valence-corrected chi connectivity index (χ0v) is 22.8. The molecule has 1 N–H and O–H groups in total. The molecule has 0 bridgehead atoms. The van der Waals surface area contributed by atoms with E-state index in [0.717, 1.165) is 57.3 Å². The maximum atomic E-state index is 14.2. The van der Waals surface area contributed by atoms with Crippen LogP contribution in [0.5, 0.6) is 0 Å². The van der Waals surface area contributed by atoms with Crippen molar-refractivity contribution in [2.45, 2.75) is 46.7 Å². The molecule has 0 saturated heterocycles. The highest BCUT2D eigenvalue weighted by atomic mass is 16.2. The van der Waals surface area contributed by atoms with E-state index in [1.54, 1.807) is 0 Å². The fourth-order valence-electron chi connectivity index (χ4n) is 5.69. The van der Waals surface area contributed by atoms with E-state index in [4.69, 9.17) is 5.10 Å². The predicted octanol–water partition coefficient (Wildman–Crippen LogP) is 7.29.